The third kappa shape index (κ3) is 3.10. The van der Waals surface area contributed by atoms with Gasteiger partial charge in [0.15, 0.2) is 5.13 Å². The maximum Gasteiger partial charge on any atom is 0.262 e. The molecule has 1 amide bonds. The maximum absolute atomic E-state index is 12.5. The van der Waals surface area contributed by atoms with Gasteiger partial charge in [0.25, 0.3) is 5.91 Å². The summed E-state index contributed by atoms with van der Waals surface area (Å²) in [4.78, 5) is 17.1. The Morgan fingerprint density at radius 3 is 2.83 bits per heavy atom. The number of rotatable bonds is 4. The highest BCUT2D eigenvalue weighted by atomic mass is 32.1. The number of carbonyl (C=O) groups is 1. The molecule has 0 saturated carbocycles. The van der Waals surface area contributed by atoms with Crippen LogP contribution >= 0.6 is 11.3 Å². The fourth-order valence-corrected chi connectivity index (χ4v) is 3.28. The zero-order chi connectivity index (χ0) is 17.3. The number of aryl methyl sites for hydroxylation is 4. The van der Waals surface area contributed by atoms with Gasteiger partial charge in [-0.15, -0.1) is 11.3 Å². The lowest BCUT2D eigenvalue weighted by atomic mass is 10.0. The summed E-state index contributed by atoms with van der Waals surface area (Å²) in [5.74, 6) is 0.295. The summed E-state index contributed by atoms with van der Waals surface area (Å²) in [6.07, 6.45) is 0.645. The van der Waals surface area contributed by atoms with E-state index in [1.807, 2.05) is 12.3 Å². The van der Waals surface area contributed by atoms with Crippen molar-refractivity contribution in [3.8, 4) is 11.3 Å². The zero-order valence-electron chi connectivity index (χ0n) is 14.1. The first-order valence-corrected chi connectivity index (χ1v) is 8.67. The van der Waals surface area contributed by atoms with Crippen LogP contribution in [-0.2, 0) is 6.42 Å². The molecule has 0 aliphatic rings. The fourth-order valence-electron chi connectivity index (χ4n) is 2.58. The van der Waals surface area contributed by atoms with Gasteiger partial charge < -0.3 is 4.52 Å². The Hall–Kier alpha value is -2.47. The Balaban J connectivity index is 1.85. The number of anilines is 1. The molecule has 0 atom stereocenters. The minimum absolute atomic E-state index is 0.229. The van der Waals surface area contributed by atoms with E-state index in [9.17, 15) is 4.79 Å². The maximum atomic E-state index is 12.5. The molecule has 0 fully saturated rings. The Kier molecular flexibility index (Phi) is 4.49. The second kappa shape index (κ2) is 6.57. The van der Waals surface area contributed by atoms with E-state index in [1.165, 1.54) is 16.9 Å². The minimum Gasteiger partial charge on any atom is -0.361 e. The molecule has 24 heavy (non-hydrogen) atoms. The van der Waals surface area contributed by atoms with E-state index in [4.69, 9.17) is 4.52 Å². The Bertz CT molecular complexity index is 896. The van der Waals surface area contributed by atoms with E-state index in [-0.39, 0.29) is 5.91 Å². The molecule has 0 radical (unpaired) electrons. The van der Waals surface area contributed by atoms with E-state index in [0.29, 0.717) is 28.6 Å². The lowest BCUT2D eigenvalue weighted by Crippen LogP contribution is -2.14. The highest BCUT2D eigenvalue weighted by Gasteiger charge is 2.20. The number of aromatic nitrogens is 2. The monoisotopic (exact) mass is 341 g/mol. The van der Waals surface area contributed by atoms with Gasteiger partial charge in [-0.25, -0.2) is 4.98 Å². The zero-order valence-corrected chi connectivity index (χ0v) is 15.0. The minimum atomic E-state index is -0.229. The molecule has 1 aromatic carbocycles. The van der Waals surface area contributed by atoms with Crippen molar-refractivity contribution >= 4 is 22.4 Å². The number of nitrogens with one attached hydrogen (secondary N) is 1. The summed E-state index contributed by atoms with van der Waals surface area (Å²) in [6.45, 7) is 7.79. The summed E-state index contributed by atoms with van der Waals surface area (Å²) >= 11 is 1.41. The quantitative estimate of drug-likeness (QED) is 0.756. The van der Waals surface area contributed by atoms with Crippen LogP contribution in [0.3, 0.4) is 0 Å². The Morgan fingerprint density at radius 2 is 2.08 bits per heavy atom. The molecular weight excluding hydrogens is 322 g/mol. The molecule has 0 saturated heterocycles. The molecule has 0 aliphatic carbocycles. The van der Waals surface area contributed by atoms with Crippen LogP contribution in [0.1, 0.15) is 39.9 Å². The van der Waals surface area contributed by atoms with E-state index < -0.39 is 0 Å². The fraction of sp³-hybridized carbons (Fsp3) is 0.278. The molecule has 0 spiro atoms. The molecule has 3 aromatic rings. The van der Waals surface area contributed by atoms with Crippen molar-refractivity contribution in [2.75, 3.05) is 5.32 Å². The number of hydrogen-bond acceptors (Lipinski definition) is 5. The van der Waals surface area contributed by atoms with Crippen molar-refractivity contribution < 1.29 is 9.32 Å². The topological polar surface area (TPSA) is 68.0 Å². The largest absolute Gasteiger partial charge is 0.361 e. The number of amides is 1. The van der Waals surface area contributed by atoms with E-state index in [1.54, 1.807) is 6.92 Å². The third-order valence-corrected chi connectivity index (χ3v) is 4.65. The smallest absolute Gasteiger partial charge is 0.262 e. The van der Waals surface area contributed by atoms with Crippen LogP contribution in [0.5, 0.6) is 0 Å². The van der Waals surface area contributed by atoms with Crippen LogP contribution in [0.2, 0.25) is 0 Å². The Morgan fingerprint density at radius 1 is 1.29 bits per heavy atom. The summed E-state index contributed by atoms with van der Waals surface area (Å²) in [5, 5.41) is 9.30. The number of carbonyl (C=O) groups excluding carboxylic acids is 1. The van der Waals surface area contributed by atoms with Gasteiger partial charge in [0, 0.05) is 10.9 Å². The molecule has 2 aromatic heterocycles. The molecule has 0 aliphatic heterocycles. The molecule has 6 heteroatoms. The van der Waals surface area contributed by atoms with Crippen molar-refractivity contribution in [1.82, 2.24) is 10.1 Å². The summed E-state index contributed by atoms with van der Waals surface area (Å²) in [7, 11) is 0. The first-order chi connectivity index (χ1) is 11.5. The summed E-state index contributed by atoms with van der Waals surface area (Å²) < 4.78 is 5.12. The second-order valence-corrected chi connectivity index (χ2v) is 6.58. The first-order valence-electron chi connectivity index (χ1n) is 7.79. The lowest BCUT2D eigenvalue weighted by molar-refractivity contribution is 0.102. The number of thiazole rings is 1. The average molecular weight is 341 g/mol. The van der Waals surface area contributed by atoms with Crippen molar-refractivity contribution in [1.29, 1.82) is 0 Å². The molecule has 0 bridgehead atoms. The van der Waals surface area contributed by atoms with Gasteiger partial charge in [-0.2, -0.15) is 0 Å². The SMILES string of the molecule is CCc1noc(C)c1C(=O)Nc1nc(-c2cc(C)ccc2C)cs1. The van der Waals surface area contributed by atoms with E-state index in [2.05, 4.69) is 47.5 Å². The average Bonchev–Trinajstić information content (AvgIpc) is 3.16. The van der Waals surface area contributed by atoms with Crippen molar-refractivity contribution in [2.24, 2.45) is 0 Å². The molecule has 0 unspecified atom stereocenters. The van der Waals surface area contributed by atoms with E-state index >= 15 is 0 Å². The molecule has 2 heterocycles. The summed E-state index contributed by atoms with van der Waals surface area (Å²) in [6, 6.07) is 6.26. The van der Waals surface area contributed by atoms with Crippen molar-refractivity contribution in [3.05, 3.63) is 51.7 Å². The number of hydrogen-bond donors (Lipinski definition) is 1. The number of nitrogens with zero attached hydrogens (tertiary/aromatic N) is 2. The van der Waals surface area contributed by atoms with Gasteiger partial charge in [0.05, 0.1) is 11.4 Å². The predicted octanol–water partition coefficient (Wildman–Crippen LogP) is 4.54. The number of benzene rings is 1. The second-order valence-electron chi connectivity index (χ2n) is 5.72. The molecule has 124 valence electrons. The van der Waals surface area contributed by atoms with Crippen LogP contribution in [0.4, 0.5) is 5.13 Å². The summed E-state index contributed by atoms with van der Waals surface area (Å²) in [5.41, 5.74) is 5.46. The van der Waals surface area contributed by atoms with Crippen LogP contribution in [0, 0.1) is 20.8 Å². The van der Waals surface area contributed by atoms with Crippen molar-refractivity contribution in [3.63, 3.8) is 0 Å². The van der Waals surface area contributed by atoms with E-state index in [0.717, 1.165) is 16.8 Å². The normalized spacial score (nSPS) is 10.8. The predicted molar refractivity (Wildman–Crippen MR) is 95.6 cm³/mol. The Labute approximate surface area is 144 Å². The third-order valence-electron chi connectivity index (χ3n) is 3.89. The van der Waals surface area contributed by atoms with Gasteiger partial charge in [0.2, 0.25) is 0 Å². The molecule has 3 rings (SSSR count). The molecule has 5 nitrogen and oxygen atoms in total. The van der Waals surface area contributed by atoms with Crippen molar-refractivity contribution in [2.45, 2.75) is 34.1 Å². The van der Waals surface area contributed by atoms with Gasteiger partial charge in [0.1, 0.15) is 11.3 Å². The van der Waals surface area contributed by atoms with Gasteiger partial charge in [-0.1, -0.05) is 29.8 Å². The van der Waals surface area contributed by atoms with Gasteiger partial charge in [-0.05, 0) is 38.8 Å². The van der Waals surface area contributed by atoms with Gasteiger partial charge >= 0.3 is 0 Å². The van der Waals surface area contributed by atoms with Crippen LogP contribution in [-0.4, -0.2) is 16.0 Å². The molecular formula is C18H19N3O2S. The molecule has 1 N–H and O–H groups in total. The van der Waals surface area contributed by atoms with Crippen LogP contribution in [0.15, 0.2) is 28.1 Å². The highest BCUT2D eigenvalue weighted by Crippen LogP contribution is 2.28. The van der Waals surface area contributed by atoms with Crippen LogP contribution in [0.25, 0.3) is 11.3 Å². The highest BCUT2D eigenvalue weighted by molar-refractivity contribution is 7.14. The van der Waals surface area contributed by atoms with Crippen LogP contribution < -0.4 is 5.32 Å². The first kappa shape index (κ1) is 16.4. The standard InChI is InChI=1S/C18H19N3O2S/c1-5-14-16(12(4)23-21-14)17(22)20-18-19-15(9-24-18)13-8-10(2)6-7-11(13)3/h6-9H,5H2,1-4H3,(H,19,20,22). The van der Waals surface area contributed by atoms with Gasteiger partial charge in [-0.3, -0.25) is 10.1 Å². The lowest BCUT2D eigenvalue weighted by Gasteiger charge is -2.04.